The second-order valence-electron chi connectivity index (χ2n) is 4.52. The molecular formula is C13H15BFNO2S. The maximum absolute atomic E-state index is 13.4. The van der Waals surface area contributed by atoms with Crippen LogP contribution >= 0.6 is 11.3 Å². The van der Waals surface area contributed by atoms with E-state index in [1.165, 1.54) is 10.9 Å². The number of nitrogens with zero attached hydrogens (tertiary/aromatic N) is 1. The Bertz CT molecular complexity index is 533. The van der Waals surface area contributed by atoms with E-state index in [1.54, 1.807) is 17.4 Å². The van der Waals surface area contributed by atoms with Crippen molar-refractivity contribution in [3.8, 4) is 0 Å². The Morgan fingerprint density at radius 1 is 1.26 bits per heavy atom. The fourth-order valence-electron chi connectivity index (χ4n) is 1.95. The van der Waals surface area contributed by atoms with Crippen molar-refractivity contribution in [2.75, 3.05) is 7.05 Å². The summed E-state index contributed by atoms with van der Waals surface area (Å²) in [6, 6.07) is 8.20. The second kappa shape index (κ2) is 6.30. The third-order valence-electron chi connectivity index (χ3n) is 2.74. The minimum atomic E-state index is -1.64. The number of benzene rings is 1. The Kier molecular flexibility index (Phi) is 4.71. The molecule has 0 aliphatic rings. The molecule has 0 amide bonds. The zero-order valence-corrected chi connectivity index (χ0v) is 11.4. The summed E-state index contributed by atoms with van der Waals surface area (Å²) in [4.78, 5) is 3.29. The van der Waals surface area contributed by atoms with Crippen LogP contribution in [0.4, 0.5) is 4.39 Å². The van der Waals surface area contributed by atoms with Crippen LogP contribution in [-0.4, -0.2) is 29.1 Å². The minimum absolute atomic E-state index is 0.180. The summed E-state index contributed by atoms with van der Waals surface area (Å²) in [5, 5.41) is 20.2. The monoisotopic (exact) mass is 279 g/mol. The highest BCUT2D eigenvalue weighted by molar-refractivity contribution is 7.09. The van der Waals surface area contributed by atoms with E-state index in [-0.39, 0.29) is 5.46 Å². The summed E-state index contributed by atoms with van der Waals surface area (Å²) in [6.07, 6.45) is 0. The van der Waals surface area contributed by atoms with Crippen LogP contribution in [0.2, 0.25) is 0 Å². The summed E-state index contributed by atoms with van der Waals surface area (Å²) < 4.78 is 13.4. The van der Waals surface area contributed by atoms with Crippen molar-refractivity contribution < 1.29 is 14.4 Å². The van der Waals surface area contributed by atoms with E-state index < -0.39 is 12.9 Å². The van der Waals surface area contributed by atoms with Gasteiger partial charge in [0.15, 0.2) is 0 Å². The average Bonchev–Trinajstić information content (AvgIpc) is 2.80. The number of hydrogen-bond donors (Lipinski definition) is 2. The van der Waals surface area contributed by atoms with Crippen molar-refractivity contribution >= 4 is 23.9 Å². The fraction of sp³-hybridized carbons (Fsp3) is 0.231. The van der Waals surface area contributed by atoms with Gasteiger partial charge in [0.25, 0.3) is 0 Å². The molecule has 0 radical (unpaired) electrons. The van der Waals surface area contributed by atoms with Crippen molar-refractivity contribution in [1.29, 1.82) is 0 Å². The Morgan fingerprint density at radius 3 is 2.68 bits per heavy atom. The molecule has 0 atom stereocenters. The summed E-state index contributed by atoms with van der Waals surface area (Å²) in [5.74, 6) is -0.454. The summed E-state index contributed by atoms with van der Waals surface area (Å²) in [7, 11) is 0.303. The normalized spacial score (nSPS) is 11.0. The van der Waals surface area contributed by atoms with Gasteiger partial charge in [-0.25, -0.2) is 4.39 Å². The Hall–Kier alpha value is -1.21. The summed E-state index contributed by atoms with van der Waals surface area (Å²) in [5.41, 5.74) is 0.904. The van der Waals surface area contributed by atoms with E-state index in [9.17, 15) is 4.39 Å². The molecule has 1 aromatic heterocycles. The van der Waals surface area contributed by atoms with Gasteiger partial charge in [-0.2, -0.15) is 0 Å². The van der Waals surface area contributed by atoms with Crippen molar-refractivity contribution in [1.82, 2.24) is 4.90 Å². The van der Waals surface area contributed by atoms with Crippen molar-refractivity contribution in [3.63, 3.8) is 0 Å². The summed E-state index contributed by atoms with van der Waals surface area (Å²) in [6.45, 7) is 1.33. The third-order valence-corrected chi connectivity index (χ3v) is 3.60. The maximum atomic E-state index is 13.4. The molecule has 0 fully saturated rings. The van der Waals surface area contributed by atoms with Gasteiger partial charge in [0, 0.05) is 18.0 Å². The van der Waals surface area contributed by atoms with E-state index in [1.807, 2.05) is 23.4 Å². The second-order valence-corrected chi connectivity index (χ2v) is 5.55. The average molecular weight is 279 g/mol. The van der Waals surface area contributed by atoms with Crippen molar-refractivity contribution in [2.24, 2.45) is 0 Å². The van der Waals surface area contributed by atoms with Gasteiger partial charge in [-0.3, -0.25) is 4.90 Å². The van der Waals surface area contributed by atoms with Gasteiger partial charge in [-0.05, 0) is 41.7 Å². The topological polar surface area (TPSA) is 43.7 Å². The van der Waals surface area contributed by atoms with Gasteiger partial charge in [0.2, 0.25) is 0 Å². The lowest BCUT2D eigenvalue weighted by Gasteiger charge is -2.16. The lowest BCUT2D eigenvalue weighted by atomic mass is 9.79. The standard InChI is InChI=1S/C13H15BFNO2S/c1-16(9-13-3-2-4-19-13)8-10-5-11(14(17)18)7-12(15)6-10/h2-7,17-18H,8-9H2,1H3. The number of hydrogen-bond acceptors (Lipinski definition) is 4. The molecule has 0 saturated heterocycles. The molecular weight excluding hydrogens is 264 g/mol. The molecule has 6 heteroatoms. The predicted molar refractivity (Wildman–Crippen MR) is 75.7 cm³/mol. The Labute approximate surface area is 116 Å². The van der Waals surface area contributed by atoms with Crippen LogP contribution in [0.5, 0.6) is 0 Å². The fourth-order valence-corrected chi connectivity index (χ4v) is 2.74. The first-order valence-corrected chi connectivity index (χ1v) is 6.79. The highest BCUT2D eigenvalue weighted by Gasteiger charge is 2.14. The van der Waals surface area contributed by atoms with Crippen LogP contribution in [0.25, 0.3) is 0 Å². The number of thiophene rings is 1. The lowest BCUT2D eigenvalue weighted by Crippen LogP contribution is -2.31. The molecule has 100 valence electrons. The third kappa shape index (κ3) is 4.14. The highest BCUT2D eigenvalue weighted by Crippen LogP contribution is 2.13. The molecule has 0 bridgehead atoms. The van der Waals surface area contributed by atoms with Crippen LogP contribution in [-0.2, 0) is 13.1 Å². The molecule has 1 aromatic carbocycles. The Morgan fingerprint density at radius 2 is 2.05 bits per heavy atom. The van der Waals surface area contributed by atoms with Gasteiger partial charge < -0.3 is 10.0 Å². The van der Waals surface area contributed by atoms with E-state index in [4.69, 9.17) is 10.0 Å². The molecule has 2 rings (SSSR count). The first kappa shape index (κ1) is 14.2. The molecule has 2 aromatic rings. The maximum Gasteiger partial charge on any atom is 0.488 e. The largest absolute Gasteiger partial charge is 0.488 e. The van der Waals surface area contributed by atoms with Crippen LogP contribution in [0.1, 0.15) is 10.4 Å². The first-order chi connectivity index (χ1) is 9.04. The zero-order chi connectivity index (χ0) is 13.8. The molecule has 0 aliphatic carbocycles. The molecule has 0 spiro atoms. The van der Waals surface area contributed by atoms with Crippen molar-refractivity contribution in [2.45, 2.75) is 13.1 Å². The van der Waals surface area contributed by atoms with E-state index in [0.29, 0.717) is 6.54 Å². The predicted octanol–water partition coefficient (Wildman–Crippen LogP) is 1.20. The zero-order valence-electron chi connectivity index (χ0n) is 10.6. The molecule has 3 nitrogen and oxygen atoms in total. The van der Waals surface area contributed by atoms with Gasteiger partial charge in [-0.15, -0.1) is 11.3 Å². The first-order valence-electron chi connectivity index (χ1n) is 5.91. The van der Waals surface area contributed by atoms with Crippen LogP contribution < -0.4 is 5.46 Å². The highest BCUT2D eigenvalue weighted by atomic mass is 32.1. The minimum Gasteiger partial charge on any atom is -0.423 e. The number of halogens is 1. The Balaban J connectivity index is 2.05. The quantitative estimate of drug-likeness (QED) is 0.808. The van der Waals surface area contributed by atoms with E-state index in [0.717, 1.165) is 18.2 Å². The lowest BCUT2D eigenvalue weighted by molar-refractivity contribution is 0.321. The number of rotatable bonds is 5. The molecule has 0 aliphatic heterocycles. The van der Waals surface area contributed by atoms with Gasteiger partial charge >= 0.3 is 7.12 Å². The van der Waals surface area contributed by atoms with Gasteiger partial charge in [0.05, 0.1) is 0 Å². The SMILES string of the molecule is CN(Cc1cc(F)cc(B(O)O)c1)Cc1cccs1. The van der Waals surface area contributed by atoms with Crippen molar-refractivity contribution in [3.05, 3.63) is 52.0 Å². The molecule has 2 N–H and O–H groups in total. The van der Waals surface area contributed by atoms with Crippen LogP contribution in [0.15, 0.2) is 35.7 Å². The molecule has 19 heavy (non-hydrogen) atoms. The van der Waals surface area contributed by atoms with Crippen LogP contribution in [0, 0.1) is 5.82 Å². The molecule has 1 heterocycles. The van der Waals surface area contributed by atoms with E-state index in [2.05, 4.69) is 6.07 Å². The summed E-state index contributed by atoms with van der Waals surface area (Å²) >= 11 is 1.68. The van der Waals surface area contributed by atoms with Crippen LogP contribution in [0.3, 0.4) is 0 Å². The van der Waals surface area contributed by atoms with E-state index >= 15 is 0 Å². The van der Waals surface area contributed by atoms with Gasteiger partial charge in [-0.1, -0.05) is 12.1 Å². The molecule has 0 saturated carbocycles. The van der Waals surface area contributed by atoms with Gasteiger partial charge in [0.1, 0.15) is 5.82 Å². The molecule has 0 unspecified atom stereocenters. The smallest absolute Gasteiger partial charge is 0.423 e.